The molecule has 1 fully saturated rings. The van der Waals surface area contributed by atoms with Crippen LogP contribution < -0.4 is 15.2 Å². The molecule has 0 saturated carbocycles. The molecular formula is C36H49N5O6Si. The average Bonchev–Trinajstić information content (AvgIpc) is 3.68. The number of nitrogens with zero attached hydrogens (tertiary/aromatic N) is 5. The van der Waals surface area contributed by atoms with Crippen LogP contribution in [0, 0.1) is 5.92 Å². The molecule has 2 aromatic heterocycles. The minimum absolute atomic E-state index is 0.0110. The summed E-state index contributed by atoms with van der Waals surface area (Å²) in [6, 6.07) is 9.00. The molecule has 1 saturated heterocycles. The van der Waals surface area contributed by atoms with E-state index in [2.05, 4.69) is 43.2 Å². The monoisotopic (exact) mass is 675 g/mol. The molecule has 0 bridgehead atoms. The fourth-order valence-electron chi connectivity index (χ4n) is 7.37. The molecule has 0 aliphatic carbocycles. The van der Waals surface area contributed by atoms with Crippen LogP contribution in [0.2, 0.25) is 18.6 Å². The number of hydrogen-bond acceptors (Lipinski definition) is 8. The van der Waals surface area contributed by atoms with E-state index < -0.39 is 20.0 Å². The van der Waals surface area contributed by atoms with Crippen molar-refractivity contribution in [3.8, 4) is 11.4 Å². The Kier molecular flexibility index (Phi) is 10.6. The summed E-state index contributed by atoms with van der Waals surface area (Å²) in [5, 5.41) is 17.7. The van der Waals surface area contributed by atoms with Crippen LogP contribution in [-0.4, -0.2) is 70.1 Å². The summed E-state index contributed by atoms with van der Waals surface area (Å²) in [4.78, 5) is 41.6. The number of aliphatic hydroxyl groups is 1. The van der Waals surface area contributed by atoms with Crippen LogP contribution in [0.3, 0.4) is 0 Å². The maximum atomic E-state index is 14.9. The zero-order chi connectivity index (χ0) is 34.8. The van der Waals surface area contributed by atoms with Gasteiger partial charge < -0.3 is 24.3 Å². The second-order valence-corrected chi connectivity index (χ2v) is 17.8. The highest BCUT2D eigenvalue weighted by Gasteiger charge is 2.66. The van der Waals surface area contributed by atoms with Crippen LogP contribution in [-0.2, 0) is 28.1 Å². The second kappa shape index (κ2) is 14.3. The van der Waals surface area contributed by atoms with Gasteiger partial charge in [0.2, 0.25) is 0 Å². The van der Waals surface area contributed by atoms with Gasteiger partial charge in [0.25, 0.3) is 11.5 Å². The first kappa shape index (κ1) is 35.5. The largest absolute Gasteiger partial charge is 0.491 e. The summed E-state index contributed by atoms with van der Waals surface area (Å²) < 4.78 is 15.6. The smallest absolute Gasteiger partial charge is 0.297 e. The van der Waals surface area contributed by atoms with Crippen LogP contribution in [0.4, 0.5) is 5.69 Å². The number of carbonyl (C=O) groups excluding carboxylic acids is 1. The van der Waals surface area contributed by atoms with Gasteiger partial charge in [-0.3, -0.25) is 18.8 Å². The van der Waals surface area contributed by atoms with E-state index in [1.54, 1.807) is 27.9 Å². The standard InChI is InChI=1S/C36H49N5O6Si/c1-24(2)10-8-11-25(3)15-20-41-30-14-13-28(40-18-9-12-32(46-5)34(40)43)22-29(30)36(35(41)44)26(4)33(48(6,7)45)31(47-36)16-19-39-23-27(17-21-42)37-38-39/h9-10,12-15,18,22-23,26,31,33,42,45H,8,11,16-17,19-21H2,1-7H3/b25-15+/t26-,31+,33-,36+/m1/s1. The van der Waals surface area contributed by atoms with Crippen molar-refractivity contribution in [3.05, 3.63) is 87.6 Å². The molecule has 3 aromatic rings. The van der Waals surface area contributed by atoms with Crippen LogP contribution in [0.5, 0.6) is 5.75 Å². The van der Waals surface area contributed by atoms with Gasteiger partial charge in [0.1, 0.15) is 0 Å². The van der Waals surface area contributed by atoms with Crippen molar-refractivity contribution in [3.63, 3.8) is 0 Å². The molecule has 12 heteroatoms. The highest BCUT2D eigenvalue weighted by atomic mass is 28.4. The van der Waals surface area contributed by atoms with E-state index >= 15 is 0 Å². The number of rotatable bonds is 13. The first-order chi connectivity index (χ1) is 22.8. The number of aromatic nitrogens is 4. The zero-order valence-corrected chi connectivity index (χ0v) is 30.1. The first-order valence-electron chi connectivity index (χ1n) is 16.7. The Bertz CT molecular complexity index is 1750. The molecule has 1 spiro atoms. The molecule has 11 nitrogen and oxygen atoms in total. The Morgan fingerprint density at radius 2 is 1.94 bits per heavy atom. The molecular weight excluding hydrogens is 627 g/mol. The van der Waals surface area contributed by atoms with Crippen LogP contribution >= 0.6 is 0 Å². The number of carbonyl (C=O) groups is 1. The summed E-state index contributed by atoms with van der Waals surface area (Å²) >= 11 is 0. The van der Waals surface area contributed by atoms with Crippen LogP contribution in [0.25, 0.3) is 5.69 Å². The van der Waals surface area contributed by atoms with Crippen molar-refractivity contribution in [2.45, 2.75) is 90.3 Å². The van der Waals surface area contributed by atoms with Crippen molar-refractivity contribution in [2.24, 2.45) is 5.92 Å². The van der Waals surface area contributed by atoms with E-state index in [4.69, 9.17) is 9.47 Å². The van der Waals surface area contributed by atoms with Gasteiger partial charge in [0.05, 0.1) is 24.6 Å². The van der Waals surface area contributed by atoms with Crippen LogP contribution in [0.15, 0.2) is 70.8 Å². The number of fused-ring (bicyclic) bond motifs is 2. The fourth-order valence-corrected chi connectivity index (χ4v) is 9.98. The van der Waals surface area contributed by atoms with Crippen molar-refractivity contribution in [1.29, 1.82) is 0 Å². The summed E-state index contributed by atoms with van der Waals surface area (Å²) in [6.45, 7) is 12.9. The lowest BCUT2D eigenvalue weighted by Crippen LogP contribution is -2.46. The molecule has 4 atom stereocenters. The van der Waals surface area contributed by atoms with Gasteiger partial charge in [-0.25, -0.2) is 0 Å². The third kappa shape index (κ3) is 6.84. The van der Waals surface area contributed by atoms with E-state index in [9.17, 15) is 19.5 Å². The third-order valence-corrected chi connectivity index (χ3v) is 12.2. The van der Waals surface area contributed by atoms with Crippen molar-refractivity contribution in [1.82, 2.24) is 19.6 Å². The molecule has 2 aliphatic rings. The van der Waals surface area contributed by atoms with Gasteiger partial charge in [-0.15, -0.1) is 5.10 Å². The number of methoxy groups -OCH3 is 1. The van der Waals surface area contributed by atoms with Crippen molar-refractivity contribution >= 4 is 19.9 Å². The van der Waals surface area contributed by atoms with E-state index in [-0.39, 0.29) is 35.3 Å². The van der Waals surface area contributed by atoms with Gasteiger partial charge in [0.15, 0.2) is 19.7 Å². The lowest BCUT2D eigenvalue weighted by Gasteiger charge is -2.32. The predicted molar refractivity (Wildman–Crippen MR) is 188 cm³/mol. The van der Waals surface area contributed by atoms with Gasteiger partial charge in [-0.2, -0.15) is 0 Å². The Hall–Kier alpha value is -3.84. The average molecular weight is 676 g/mol. The number of aryl methyl sites for hydroxylation is 1. The minimum atomic E-state index is -2.89. The number of pyridine rings is 1. The summed E-state index contributed by atoms with van der Waals surface area (Å²) in [5.74, 6) is -0.301. The molecule has 0 radical (unpaired) electrons. The zero-order valence-electron chi connectivity index (χ0n) is 29.1. The normalized spacial score (nSPS) is 22.4. The number of aliphatic hydroxyl groups excluding tert-OH is 1. The number of allylic oxidation sites excluding steroid dienone is 3. The predicted octanol–water partition coefficient (Wildman–Crippen LogP) is 4.90. The molecule has 2 N–H and O–H groups in total. The van der Waals surface area contributed by atoms with E-state index in [0.29, 0.717) is 42.9 Å². The number of ether oxygens (including phenoxy) is 2. The van der Waals surface area contributed by atoms with E-state index in [1.807, 2.05) is 44.4 Å². The third-order valence-electron chi connectivity index (χ3n) is 9.69. The Morgan fingerprint density at radius 3 is 2.62 bits per heavy atom. The quantitative estimate of drug-likeness (QED) is 0.193. The number of hydrogen-bond donors (Lipinski definition) is 2. The Morgan fingerprint density at radius 1 is 1.17 bits per heavy atom. The number of amides is 1. The Labute approximate surface area is 283 Å². The lowest BCUT2D eigenvalue weighted by atomic mass is 9.82. The maximum absolute atomic E-state index is 14.9. The summed E-state index contributed by atoms with van der Waals surface area (Å²) in [5.41, 5.74) is 3.26. The number of benzene rings is 1. The van der Waals surface area contributed by atoms with Crippen molar-refractivity contribution < 1.29 is 24.2 Å². The second-order valence-electron chi connectivity index (χ2n) is 13.8. The highest BCUT2D eigenvalue weighted by molar-refractivity contribution is 6.71. The van der Waals surface area contributed by atoms with Gasteiger partial charge in [-0.1, -0.05) is 35.4 Å². The molecule has 2 aliphatic heterocycles. The maximum Gasteiger partial charge on any atom is 0.297 e. The molecule has 5 rings (SSSR count). The molecule has 1 aromatic carbocycles. The first-order valence-corrected chi connectivity index (χ1v) is 19.8. The van der Waals surface area contributed by atoms with Crippen molar-refractivity contribution in [2.75, 3.05) is 25.2 Å². The van der Waals surface area contributed by atoms with Crippen LogP contribution in [0.1, 0.15) is 58.2 Å². The minimum Gasteiger partial charge on any atom is -0.491 e. The lowest BCUT2D eigenvalue weighted by molar-refractivity contribution is -0.145. The highest BCUT2D eigenvalue weighted by Crippen LogP contribution is 2.59. The molecule has 0 unspecified atom stereocenters. The van der Waals surface area contributed by atoms with E-state index in [1.165, 1.54) is 22.8 Å². The van der Waals surface area contributed by atoms with Gasteiger partial charge >= 0.3 is 0 Å². The van der Waals surface area contributed by atoms with Gasteiger partial charge in [-0.05, 0) is 83.5 Å². The fraction of sp³-hybridized carbons (Fsp3) is 0.500. The topological polar surface area (TPSA) is 132 Å². The molecule has 258 valence electrons. The molecule has 4 heterocycles. The number of anilines is 1. The SMILES string of the molecule is COc1cccn(-c2ccc3c(c2)[C@]2(O[C@@H](CCn4cc(CCO)nn4)[C@H]([Si](C)(C)O)[C@H]2C)C(=O)N3C/C=C(\C)CCC=C(C)C)c1=O. The summed E-state index contributed by atoms with van der Waals surface area (Å²) in [6.07, 6.45) is 10.1. The molecule has 48 heavy (non-hydrogen) atoms. The summed E-state index contributed by atoms with van der Waals surface area (Å²) in [7, 11) is -1.42. The molecule has 1 amide bonds. The van der Waals surface area contributed by atoms with Gasteiger partial charge in [0, 0.05) is 61.2 Å². The Balaban J connectivity index is 1.57. The van der Waals surface area contributed by atoms with E-state index in [0.717, 1.165) is 18.5 Å².